The summed E-state index contributed by atoms with van der Waals surface area (Å²) in [4.78, 5) is 15.2. The molecule has 5 nitrogen and oxygen atoms in total. The van der Waals surface area contributed by atoms with Crippen molar-refractivity contribution in [3.8, 4) is 11.5 Å². The minimum atomic E-state index is -0.972. The zero-order chi connectivity index (χ0) is 13.7. The molecule has 1 N–H and O–H groups in total. The van der Waals surface area contributed by atoms with E-state index >= 15 is 0 Å². The van der Waals surface area contributed by atoms with Crippen LogP contribution < -0.4 is 0 Å². The lowest BCUT2D eigenvalue weighted by Crippen LogP contribution is -1.95. The Morgan fingerprint density at radius 2 is 2.32 bits per heavy atom. The van der Waals surface area contributed by atoms with Crippen LogP contribution in [-0.4, -0.2) is 27.0 Å². The van der Waals surface area contributed by atoms with E-state index < -0.39 is 5.97 Å². The van der Waals surface area contributed by atoms with Gasteiger partial charge in [0.2, 0.25) is 0 Å². The molecule has 1 heterocycles. The van der Waals surface area contributed by atoms with Crippen LogP contribution in [0.2, 0.25) is 0 Å². The van der Waals surface area contributed by atoms with E-state index in [0.717, 1.165) is 12.2 Å². The van der Waals surface area contributed by atoms with Gasteiger partial charge in [0.1, 0.15) is 0 Å². The maximum Gasteiger partial charge on any atom is 0.335 e. The molecule has 0 aliphatic rings. The molecule has 0 saturated heterocycles. The summed E-state index contributed by atoms with van der Waals surface area (Å²) >= 11 is 1.74. The van der Waals surface area contributed by atoms with Gasteiger partial charge in [0.05, 0.1) is 11.3 Å². The van der Waals surface area contributed by atoms with Gasteiger partial charge in [0, 0.05) is 5.56 Å². The number of carboxylic acids is 1. The lowest BCUT2D eigenvalue weighted by molar-refractivity contribution is 0.0697. The summed E-state index contributed by atoms with van der Waals surface area (Å²) < 4.78 is 5.15. The number of hydrogen-bond acceptors (Lipinski definition) is 5. The molecule has 0 bridgehead atoms. The first kappa shape index (κ1) is 13.6. The minimum absolute atomic E-state index is 0.206. The smallest absolute Gasteiger partial charge is 0.335 e. The summed E-state index contributed by atoms with van der Waals surface area (Å²) in [5.41, 5.74) is 0.830. The number of aromatic nitrogens is 2. The van der Waals surface area contributed by atoms with Gasteiger partial charge in [0.25, 0.3) is 5.89 Å². The Morgan fingerprint density at radius 1 is 1.47 bits per heavy atom. The molecule has 0 unspecified atom stereocenters. The van der Waals surface area contributed by atoms with Crippen LogP contribution in [0.5, 0.6) is 0 Å². The van der Waals surface area contributed by atoms with Crippen LogP contribution in [0.4, 0.5) is 0 Å². The molecule has 19 heavy (non-hydrogen) atoms. The number of rotatable bonds is 6. The standard InChI is InChI=1S/C13H14N2O3S/c1-2-6-19-8-11-14-12(18-15-11)9-4-3-5-10(7-9)13(16)17/h3-5,7H,2,6,8H2,1H3,(H,16,17). The second-order valence-corrected chi connectivity index (χ2v) is 5.06. The Labute approximate surface area is 115 Å². The van der Waals surface area contributed by atoms with Gasteiger partial charge in [-0.15, -0.1) is 0 Å². The molecule has 2 aromatic rings. The first-order chi connectivity index (χ1) is 9.20. The average molecular weight is 278 g/mol. The molecule has 0 aliphatic carbocycles. The molecule has 1 aromatic carbocycles. The highest BCUT2D eigenvalue weighted by molar-refractivity contribution is 7.98. The molecule has 0 amide bonds. The van der Waals surface area contributed by atoms with E-state index in [0.29, 0.717) is 23.0 Å². The minimum Gasteiger partial charge on any atom is -0.478 e. The Balaban J connectivity index is 2.13. The Bertz CT molecular complexity index is 569. The van der Waals surface area contributed by atoms with E-state index in [1.165, 1.54) is 12.1 Å². The van der Waals surface area contributed by atoms with Gasteiger partial charge in [0.15, 0.2) is 5.82 Å². The van der Waals surface area contributed by atoms with Crippen molar-refractivity contribution >= 4 is 17.7 Å². The molecule has 6 heteroatoms. The zero-order valence-electron chi connectivity index (χ0n) is 10.5. The van der Waals surface area contributed by atoms with Gasteiger partial charge in [-0.05, 0) is 30.4 Å². The first-order valence-electron chi connectivity index (χ1n) is 5.94. The maximum atomic E-state index is 10.9. The van der Waals surface area contributed by atoms with Crippen molar-refractivity contribution in [2.75, 3.05) is 5.75 Å². The Hall–Kier alpha value is -1.82. The van der Waals surface area contributed by atoms with Gasteiger partial charge >= 0.3 is 5.97 Å². The number of thioether (sulfide) groups is 1. The summed E-state index contributed by atoms with van der Waals surface area (Å²) in [5, 5.41) is 12.8. The largest absolute Gasteiger partial charge is 0.478 e. The van der Waals surface area contributed by atoms with E-state index in [2.05, 4.69) is 17.1 Å². The van der Waals surface area contributed by atoms with Gasteiger partial charge in [-0.25, -0.2) is 4.79 Å². The molecular formula is C13H14N2O3S. The van der Waals surface area contributed by atoms with E-state index in [1.807, 2.05) is 0 Å². The van der Waals surface area contributed by atoms with E-state index in [-0.39, 0.29) is 5.56 Å². The molecule has 0 radical (unpaired) electrons. The number of benzene rings is 1. The molecule has 0 aliphatic heterocycles. The molecule has 100 valence electrons. The first-order valence-corrected chi connectivity index (χ1v) is 7.10. The molecule has 0 saturated carbocycles. The second kappa shape index (κ2) is 6.38. The summed E-state index contributed by atoms with van der Waals surface area (Å²) in [7, 11) is 0. The van der Waals surface area contributed by atoms with Crippen LogP contribution >= 0.6 is 11.8 Å². The van der Waals surface area contributed by atoms with E-state index in [4.69, 9.17) is 9.63 Å². The SMILES string of the molecule is CCCSCc1noc(-c2cccc(C(=O)O)c2)n1. The predicted octanol–water partition coefficient (Wildman–Crippen LogP) is 3.08. The summed E-state index contributed by atoms with van der Waals surface area (Å²) in [6, 6.07) is 6.47. The number of carbonyl (C=O) groups is 1. The summed E-state index contributed by atoms with van der Waals surface area (Å²) in [5.74, 6) is 1.78. The highest BCUT2D eigenvalue weighted by Crippen LogP contribution is 2.20. The molecule has 1 aromatic heterocycles. The molecule has 0 atom stereocenters. The number of nitrogens with zero attached hydrogens (tertiary/aromatic N) is 2. The van der Waals surface area contributed by atoms with Gasteiger partial charge < -0.3 is 9.63 Å². The molecule has 2 rings (SSSR count). The third-order valence-electron chi connectivity index (χ3n) is 2.40. The number of hydrogen-bond donors (Lipinski definition) is 1. The fraction of sp³-hybridized carbons (Fsp3) is 0.308. The number of carboxylic acid groups (broad SMARTS) is 1. The van der Waals surface area contributed by atoms with Crippen LogP contribution in [0, 0.1) is 0 Å². The number of aromatic carboxylic acids is 1. The lowest BCUT2D eigenvalue weighted by atomic mass is 10.1. The maximum absolute atomic E-state index is 10.9. The van der Waals surface area contributed by atoms with Crippen LogP contribution in [-0.2, 0) is 5.75 Å². The fourth-order valence-corrected chi connectivity index (χ4v) is 2.26. The van der Waals surface area contributed by atoms with Gasteiger partial charge in [-0.1, -0.05) is 18.1 Å². The van der Waals surface area contributed by atoms with Crippen LogP contribution in [0.15, 0.2) is 28.8 Å². The van der Waals surface area contributed by atoms with Gasteiger partial charge in [-0.2, -0.15) is 16.7 Å². The van der Waals surface area contributed by atoms with Crippen molar-refractivity contribution in [1.29, 1.82) is 0 Å². The van der Waals surface area contributed by atoms with Gasteiger partial charge in [-0.3, -0.25) is 0 Å². The van der Waals surface area contributed by atoms with Crippen molar-refractivity contribution in [3.05, 3.63) is 35.7 Å². The molecule has 0 fully saturated rings. The highest BCUT2D eigenvalue weighted by Gasteiger charge is 2.11. The average Bonchev–Trinajstić information content (AvgIpc) is 2.88. The summed E-state index contributed by atoms with van der Waals surface area (Å²) in [6.07, 6.45) is 1.11. The summed E-state index contributed by atoms with van der Waals surface area (Å²) in [6.45, 7) is 2.12. The third-order valence-corrected chi connectivity index (χ3v) is 3.56. The Morgan fingerprint density at radius 3 is 3.05 bits per heavy atom. The normalized spacial score (nSPS) is 10.6. The van der Waals surface area contributed by atoms with Crippen LogP contribution in [0.1, 0.15) is 29.5 Å². The van der Waals surface area contributed by atoms with E-state index in [9.17, 15) is 4.79 Å². The third kappa shape index (κ3) is 3.57. The highest BCUT2D eigenvalue weighted by atomic mass is 32.2. The van der Waals surface area contributed by atoms with Crippen molar-refractivity contribution in [3.63, 3.8) is 0 Å². The van der Waals surface area contributed by atoms with Crippen molar-refractivity contribution in [1.82, 2.24) is 10.1 Å². The zero-order valence-corrected chi connectivity index (χ0v) is 11.3. The topological polar surface area (TPSA) is 76.2 Å². The van der Waals surface area contributed by atoms with Crippen molar-refractivity contribution < 1.29 is 14.4 Å². The fourth-order valence-electron chi connectivity index (χ4n) is 1.52. The molecule has 0 spiro atoms. The molecular weight excluding hydrogens is 264 g/mol. The van der Waals surface area contributed by atoms with E-state index in [1.54, 1.807) is 23.9 Å². The van der Waals surface area contributed by atoms with Crippen molar-refractivity contribution in [2.45, 2.75) is 19.1 Å². The van der Waals surface area contributed by atoms with Crippen LogP contribution in [0.25, 0.3) is 11.5 Å². The monoisotopic (exact) mass is 278 g/mol. The lowest BCUT2D eigenvalue weighted by Gasteiger charge is -1.96. The second-order valence-electron chi connectivity index (χ2n) is 3.95. The Kier molecular flexibility index (Phi) is 4.57. The van der Waals surface area contributed by atoms with Crippen molar-refractivity contribution in [2.24, 2.45) is 0 Å². The predicted molar refractivity (Wildman–Crippen MR) is 73.1 cm³/mol. The van der Waals surface area contributed by atoms with Crippen LogP contribution in [0.3, 0.4) is 0 Å². The quantitative estimate of drug-likeness (QED) is 0.818.